The third-order valence-corrected chi connectivity index (χ3v) is 3.73. The zero-order chi connectivity index (χ0) is 10.5. The van der Waals surface area contributed by atoms with Gasteiger partial charge in [-0.1, -0.05) is 6.08 Å². The average molecular weight is 186 g/mol. The van der Waals surface area contributed by atoms with E-state index in [4.69, 9.17) is 0 Å². The van der Waals surface area contributed by atoms with Gasteiger partial charge < -0.3 is 0 Å². The highest BCUT2D eigenvalue weighted by Gasteiger charge is 2.19. The van der Waals surface area contributed by atoms with Crippen molar-refractivity contribution in [2.75, 3.05) is 0 Å². The van der Waals surface area contributed by atoms with E-state index in [2.05, 4.69) is 40.7 Å². The Morgan fingerprint density at radius 2 is 1.07 bits per heavy atom. The van der Waals surface area contributed by atoms with Crippen molar-refractivity contribution in [1.82, 2.24) is 0 Å². The van der Waals surface area contributed by atoms with Crippen LogP contribution in [-0.2, 0) is 0 Å². The minimum Gasteiger partial charge on any atom is -0.0760 e. The van der Waals surface area contributed by atoms with Crippen LogP contribution in [0.15, 0.2) is 6.08 Å². The summed E-state index contributed by atoms with van der Waals surface area (Å²) in [7, 11) is 0. The lowest BCUT2D eigenvalue weighted by Crippen LogP contribution is -1.99. The van der Waals surface area contributed by atoms with Gasteiger partial charge in [0.25, 0.3) is 0 Å². The molecule has 1 aromatic carbocycles. The summed E-state index contributed by atoms with van der Waals surface area (Å²) in [5.41, 5.74) is 10.4. The van der Waals surface area contributed by atoms with Crippen molar-refractivity contribution >= 4 is 5.57 Å². The zero-order valence-electron chi connectivity index (χ0n) is 9.78. The van der Waals surface area contributed by atoms with E-state index in [-0.39, 0.29) is 0 Å². The van der Waals surface area contributed by atoms with E-state index in [1.165, 1.54) is 39.8 Å². The highest BCUT2D eigenvalue weighted by atomic mass is 14.2. The fourth-order valence-corrected chi connectivity index (χ4v) is 2.24. The Hall–Kier alpha value is -1.04. The largest absolute Gasteiger partial charge is 0.0760 e. The van der Waals surface area contributed by atoms with Crippen LogP contribution in [0, 0.1) is 34.6 Å². The molecule has 1 aromatic rings. The molecule has 1 aliphatic rings. The molecule has 0 saturated carbocycles. The minimum atomic E-state index is 1.20. The highest BCUT2D eigenvalue weighted by Crippen LogP contribution is 2.38. The van der Waals surface area contributed by atoms with Gasteiger partial charge in [-0.05, 0) is 80.0 Å². The lowest BCUT2D eigenvalue weighted by Gasteiger charge is -2.17. The normalized spacial score (nSPS) is 14.2. The molecule has 0 aliphatic heterocycles. The second-order valence-corrected chi connectivity index (χ2v) is 4.43. The summed E-state index contributed by atoms with van der Waals surface area (Å²) in [5.74, 6) is 0. The van der Waals surface area contributed by atoms with E-state index in [0.29, 0.717) is 0 Å². The van der Waals surface area contributed by atoms with Crippen molar-refractivity contribution in [3.05, 3.63) is 39.5 Å². The molecule has 0 nitrogen and oxygen atoms in total. The van der Waals surface area contributed by atoms with Crippen molar-refractivity contribution in [1.29, 1.82) is 0 Å². The van der Waals surface area contributed by atoms with Crippen LogP contribution >= 0.6 is 0 Å². The van der Waals surface area contributed by atoms with Gasteiger partial charge in [0.1, 0.15) is 0 Å². The Bertz CT molecular complexity index is 405. The lowest BCUT2D eigenvalue weighted by molar-refractivity contribution is 1.16. The second-order valence-electron chi connectivity index (χ2n) is 4.43. The summed E-state index contributed by atoms with van der Waals surface area (Å²) in [6.07, 6.45) is 3.52. The van der Waals surface area contributed by atoms with Gasteiger partial charge >= 0.3 is 0 Å². The van der Waals surface area contributed by atoms with Crippen molar-refractivity contribution < 1.29 is 0 Å². The molecular weight excluding hydrogens is 168 g/mol. The number of benzene rings is 1. The molecule has 1 aliphatic carbocycles. The maximum absolute atomic E-state index is 2.32. The average Bonchev–Trinajstić information content (AvgIpc) is 2.96. The zero-order valence-corrected chi connectivity index (χ0v) is 9.78. The minimum absolute atomic E-state index is 1.20. The van der Waals surface area contributed by atoms with Crippen molar-refractivity contribution in [3.8, 4) is 0 Å². The summed E-state index contributed by atoms with van der Waals surface area (Å²) >= 11 is 0. The molecule has 0 atom stereocenters. The highest BCUT2D eigenvalue weighted by molar-refractivity contribution is 5.82. The molecule has 0 bridgehead atoms. The van der Waals surface area contributed by atoms with Crippen LogP contribution in [-0.4, -0.2) is 0 Å². The van der Waals surface area contributed by atoms with Crippen LogP contribution in [0.3, 0.4) is 0 Å². The van der Waals surface area contributed by atoms with Gasteiger partial charge in [-0.25, -0.2) is 0 Å². The predicted molar refractivity (Wildman–Crippen MR) is 62.7 cm³/mol. The molecule has 74 valence electrons. The molecule has 0 unspecified atom stereocenters. The monoisotopic (exact) mass is 186 g/mol. The quantitative estimate of drug-likeness (QED) is 0.621. The van der Waals surface area contributed by atoms with Crippen LogP contribution in [0.25, 0.3) is 5.57 Å². The Labute approximate surface area is 86.7 Å². The van der Waals surface area contributed by atoms with E-state index < -0.39 is 0 Å². The van der Waals surface area contributed by atoms with Crippen molar-refractivity contribution in [3.63, 3.8) is 0 Å². The van der Waals surface area contributed by atoms with Gasteiger partial charge in [-0.2, -0.15) is 0 Å². The Kier molecular flexibility index (Phi) is 2.02. The molecule has 0 saturated heterocycles. The van der Waals surface area contributed by atoms with Gasteiger partial charge in [-0.15, -0.1) is 0 Å². The summed E-state index contributed by atoms with van der Waals surface area (Å²) in [4.78, 5) is 0. The summed E-state index contributed by atoms with van der Waals surface area (Å²) in [6.45, 7) is 11.2. The van der Waals surface area contributed by atoms with E-state index in [1.54, 1.807) is 5.57 Å². The molecule has 0 spiro atoms. The summed E-state index contributed by atoms with van der Waals surface area (Å²) in [5, 5.41) is 0. The van der Waals surface area contributed by atoms with Gasteiger partial charge in [0, 0.05) is 0 Å². The lowest BCUT2D eigenvalue weighted by atomic mass is 9.88. The second kappa shape index (κ2) is 2.98. The number of rotatable bonds is 1. The third-order valence-electron chi connectivity index (χ3n) is 3.73. The fraction of sp³-hybridized carbons (Fsp3) is 0.429. The third kappa shape index (κ3) is 1.21. The topological polar surface area (TPSA) is 0 Å². The first-order chi connectivity index (χ1) is 6.54. The SMILES string of the molecule is Cc1c(C)c(C)c(C2=CC2)c(C)c1C. The van der Waals surface area contributed by atoms with Gasteiger partial charge in [0.05, 0.1) is 0 Å². The number of hydrogen-bond acceptors (Lipinski definition) is 0. The predicted octanol–water partition coefficient (Wildman–Crippen LogP) is 4.02. The van der Waals surface area contributed by atoms with E-state index in [1.807, 2.05) is 0 Å². The van der Waals surface area contributed by atoms with Crippen LogP contribution in [0.2, 0.25) is 0 Å². The van der Waals surface area contributed by atoms with Gasteiger partial charge in [0.2, 0.25) is 0 Å². The Morgan fingerprint density at radius 3 is 1.43 bits per heavy atom. The molecule has 0 fully saturated rings. The fourth-order valence-electron chi connectivity index (χ4n) is 2.24. The molecule has 0 heteroatoms. The molecule has 0 aromatic heterocycles. The molecule has 0 N–H and O–H groups in total. The molecule has 14 heavy (non-hydrogen) atoms. The van der Waals surface area contributed by atoms with E-state index in [0.717, 1.165) is 0 Å². The maximum atomic E-state index is 2.32. The smallest absolute Gasteiger partial charge is 0.00882 e. The molecule has 2 rings (SSSR count). The first-order valence-electron chi connectivity index (χ1n) is 5.30. The van der Waals surface area contributed by atoms with Crippen molar-refractivity contribution in [2.24, 2.45) is 0 Å². The standard InChI is InChI=1S/C14H18/c1-8-9(2)11(4)14(13-6-7-13)12(5)10(8)3/h6H,7H2,1-5H3. The number of allylic oxidation sites excluding steroid dienone is 2. The van der Waals surface area contributed by atoms with Crippen molar-refractivity contribution in [2.45, 2.75) is 41.0 Å². The van der Waals surface area contributed by atoms with Crippen LogP contribution < -0.4 is 0 Å². The molecule has 0 radical (unpaired) electrons. The molecule has 0 heterocycles. The van der Waals surface area contributed by atoms with Gasteiger partial charge in [-0.3, -0.25) is 0 Å². The first-order valence-corrected chi connectivity index (χ1v) is 5.30. The molecule has 0 amide bonds. The van der Waals surface area contributed by atoms with Crippen LogP contribution in [0.5, 0.6) is 0 Å². The van der Waals surface area contributed by atoms with Crippen LogP contribution in [0.4, 0.5) is 0 Å². The summed E-state index contributed by atoms with van der Waals surface area (Å²) < 4.78 is 0. The van der Waals surface area contributed by atoms with Crippen LogP contribution in [0.1, 0.15) is 39.8 Å². The maximum Gasteiger partial charge on any atom is -0.00882 e. The first kappa shape index (κ1) is 9.51. The van der Waals surface area contributed by atoms with Gasteiger partial charge in [0.15, 0.2) is 0 Å². The van der Waals surface area contributed by atoms with E-state index in [9.17, 15) is 0 Å². The Morgan fingerprint density at radius 1 is 0.714 bits per heavy atom. The van der Waals surface area contributed by atoms with E-state index >= 15 is 0 Å². The Balaban J connectivity index is 2.76. The molecular formula is C14H18. The summed E-state index contributed by atoms with van der Waals surface area (Å²) in [6, 6.07) is 0. The number of hydrogen-bond donors (Lipinski definition) is 0.